The van der Waals surface area contributed by atoms with Crippen molar-refractivity contribution in [3.63, 3.8) is 0 Å². The maximum atomic E-state index is 5.09. The van der Waals surface area contributed by atoms with Crippen molar-refractivity contribution in [3.8, 4) is 0 Å². The molecule has 0 saturated carbocycles. The number of rotatable bonds is 8. The molecule has 7 nitrogen and oxygen atoms in total. The van der Waals surface area contributed by atoms with Crippen LogP contribution in [0.2, 0.25) is 0 Å². The zero-order chi connectivity index (χ0) is 21.4. The maximum Gasteiger partial charge on any atom is 0.191 e. The second kappa shape index (κ2) is 11.1. The number of hydrogen-bond donors (Lipinski definition) is 2. The molecule has 2 aliphatic rings. The largest absolute Gasteiger partial charge is 0.357 e. The molecule has 3 rings (SSSR count). The second-order valence-electron chi connectivity index (χ2n) is 9.20. The van der Waals surface area contributed by atoms with Crippen molar-refractivity contribution in [1.29, 1.82) is 0 Å². The summed E-state index contributed by atoms with van der Waals surface area (Å²) in [6.45, 7) is 14.8. The number of piperidine rings is 2. The average molecular weight is 418 g/mol. The van der Waals surface area contributed by atoms with Crippen molar-refractivity contribution < 1.29 is 0 Å². The van der Waals surface area contributed by atoms with Crippen molar-refractivity contribution >= 4 is 5.96 Å². The Labute approximate surface area is 183 Å². The smallest absolute Gasteiger partial charge is 0.191 e. The van der Waals surface area contributed by atoms with E-state index in [9.17, 15) is 0 Å². The molecule has 3 heterocycles. The third-order valence-corrected chi connectivity index (χ3v) is 6.76. The lowest BCUT2D eigenvalue weighted by atomic mass is 9.84. The van der Waals surface area contributed by atoms with Crippen LogP contribution in [-0.4, -0.2) is 83.9 Å². The Kier molecular flexibility index (Phi) is 8.57. The van der Waals surface area contributed by atoms with Gasteiger partial charge >= 0.3 is 0 Å². The fourth-order valence-corrected chi connectivity index (χ4v) is 4.88. The van der Waals surface area contributed by atoms with E-state index in [2.05, 4.69) is 64.1 Å². The molecule has 170 valence electrons. The predicted octanol–water partition coefficient (Wildman–Crippen LogP) is 2.40. The third kappa shape index (κ3) is 6.20. The van der Waals surface area contributed by atoms with E-state index in [0.29, 0.717) is 0 Å². The van der Waals surface area contributed by atoms with Gasteiger partial charge in [-0.2, -0.15) is 5.10 Å². The number of aryl methyl sites for hydroxylation is 3. The molecule has 7 heteroatoms. The maximum absolute atomic E-state index is 5.09. The van der Waals surface area contributed by atoms with Gasteiger partial charge in [-0.15, -0.1) is 0 Å². The first-order valence-corrected chi connectivity index (χ1v) is 12.0. The Morgan fingerprint density at radius 1 is 1.10 bits per heavy atom. The summed E-state index contributed by atoms with van der Waals surface area (Å²) in [5.74, 6) is 0.959. The van der Waals surface area contributed by atoms with Gasteiger partial charge in [-0.05, 0) is 92.2 Å². The zero-order valence-electron chi connectivity index (χ0n) is 19.7. The van der Waals surface area contributed by atoms with Crippen LogP contribution >= 0.6 is 0 Å². The monoisotopic (exact) mass is 417 g/mol. The molecule has 1 aromatic heterocycles. The normalized spacial score (nSPS) is 21.0. The Balaban J connectivity index is 1.57. The highest BCUT2D eigenvalue weighted by Gasteiger charge is 2.39. The molecule has 0 bridgehead atoms. The van der Waals surface area contributed by atoms with E-state index in [4.69, 9.17) is 4.99 Å². The van der Waals surface area contributed by atoms with Crippen molar-refractivity contribution in [3.05, 3.63) is 17.5 Å². The molecule has 0 aliphatic carbocycles. The molecule has 0 amide bonds. The number of nitrogens with zero attached hydrogens (tertiary/aromatic N) is 5. The van der Waals surface area contributed by atoms with Crippen molar-refractivity contribution in [2.45, 2.75) is 71.4 Å². The summed E-state index contributed by atoms with van der Waals surface area (Å²) in [7, 11) is 2.25. The van der Waals surface area contributed by atoms with E-state index >= 15 is 0 Å². The lowest BCUT2D eigenvalue weighted by Gasteiger charge is -2.49. The standard InChI is InChI=1S/C23H43N7/c1-5-24-22(25-12-9-15-30-21(3)18-20(2)27-30)26-19-23(10-16-28(4)17-11-23)29-13-7-6-8-14-29/h18H,5-17,19H2,1-4H3,(H2,24,25,26). The van der Waals surface area contributed by atoms with E-state index in [-0.39, 0.29) is 5.54 Å². The molecule has 0 aromatic carbocycles. The number of aliphatic imine (C=N–C) groups is 1. The topological polar surface area (TPSA) is 60.7 Å². The average Bonchev–Trinajstić information content (AvgIpc) is 3.08. The molecular formula is C23H43N7. The molecule has 1 aromatic rings. The summed E-state index contributed by atoms with van der Waals surface area (Å²) in [6, 6.07) is 2.14. The van der Waals surface area contributed by atoms with Gasteiger partial charge in [0.05, 0.1) is 12.2 Å². The predicted molar refractivity (Wildman–Crippen MR) is 125 cm³/mol. The van der Waals surface area contributed by atoms with Crippen LogP contribution in [-0.2, 0) is 6.54 Å². The van der Waals surface area contributed by atoms with Gasteiger partial charge in [0.15, 0.2) is 5.96 Å². The fraction of sp³-hybridized carbons (Fsp3) is 0.826. The second-order valence-corrected chi connectivity index (χ2v) is 9.20. The number of hydrogen-bond acceptors (Lipinski definition) is 4. The van der Waals surface area contributed by atoms with Gasteiger partial charge in [-0.25, -0.2) is 0 Å². The number of aromatic nitrogens is 2. The minimum Gasteiger partial charge on any atom is -0.357 e. The molecule has 0 spiro atoms. The summed E-state index contributed by atoms with van der Waals surface area (Å²) < 4.78 is 2.10. The molecule has 2 saturated heterocycles. The summed E-state index contributed by atoms with van der Waals surface area (Å²) in [6.07, 6.45) is 7.55. The van der Waals surface area contributed by atoms with Crippen LogP contribution < -0.4 is 10.6 Å². The lowest BCUT2D eigenvalue weighted by Crippen LogP contribution is -2.58. The van der Waals surface area contributed by atoms with Crippen LogP contribution in [0.4, 0.5) is 0 Å². The number of guanidine groups is 1. The van der Waals surface area contributed by atoms with Crippen molar-refractivity contribution in [1.82, 2.24) is 30.2 Å². The van der Waals surface area contributed by atoms with Crippen LogP contribution in [0.5, 0.6) is 0 Å². The SMILES string of the molecule is CCNC(=NCC1(N2CCCCC2)CCN(C)CC1)NCCCn1nc(C)cc1C. The molecule has 2 aliphatic heterocycles. The third-order valence-electron chi connectivity index (χ3n) is 6.76. The van der Waals surface area contributed by atoms with Crippen LogP contribution in [0.15, 0.2) is 11.1 Å². The molecule has 2 N–H and O–H groups in total. The molecule has 0 radical (unpaired) electrons. The van der Waals surface area contributed by atoms with Gasteiger partial charge < -0.3 is 15.5 Å². The Morgan fingerprint density at radius 3 is 2.47 bits per heavy atom. The van der Waals surface area contributed by atoms with Crippen molar-refractivity contribution in [2.75, 3.05) is 52.9 Å². The Hall–Kier alpha value is -1.60. The molecule has 0 atom stereocenters. The van der Waals surface area contributed by atoms with Gasteiger partial charge in [-0.1, -0.05) is 6.42 Å². The van der Waals surface area contributed by atoms with Crippen LogP contribution in [0, 0.1) is 13.8 Å². The molecule has 2 fully saturated rings. The first-order chi connectivity index (χ1) is 14.5. The zero-order valence-corrected chi connectivity index (χ0v) is 19.7. The fourth-order valence-electron chi connectivity index (χ4n) is 4.88. The number of nitrogens with one attached hydrogen (secondary N) is 2. The van der Waals surface area contributed by atoms with Crippen LogP contribution in [0.1, 0.15) is 56.8 Å². The number of likely N-dealkylation sites (tertiary alicyclic amines) is 2. The van der Waals surface area contributed by atoms with E-state index < -0.39 is 0 Å². The van der Waals surface area contributed by atoms with E-state index in [1.165, 1.54) is 64.0 Å². The quantitative estimate of drug-likeness (QED) is 0.386. The Bertz CT molecular complexity index is 667. The minimum absolute atomic E-state index is 0.235. The molecular weight excluding hydrogens is 374 g/mol. The Morgan fingerprint density at radius 2 is 1.83 bits per heavy atom. The van der Waals surface area contributed by atoms with Gasteiger partial charge in [0, 0.05) is 30.9 Å². The van der Waals surface area contributed by atoms with Gasteiger partial charge in [-0.3, -0.25) is 14.6 Å². The van der Waals surface area contributed by atoms with E-state index in [1.54, 1.807) is 0 Å². The van der Waals surface area contributed by atoms with Gasteiger partial charge in [0.25, 0.3) is 0 Å². The first kappa shape index (κ1) is 23.1. The highest BCUT2D eigenvalue weighted by molar-refractivity contribution is 5.79. The summed E-state index contributed by atoms with van der Waals surface area (Å²) in [4.78, 5) is 10.3. The van der Waals surface area contributed by atoms with Crippen molar-refractivity contribution in [2.24, 2.45) is 4.99 Å². The summed E-state index contributed by atoms with van der Waals surface area (Å²) >= 11 is 0. The van der Waals surface area contributed by atoms with Gasteiger partial charge in [0.1, 0.15) is 0 Å². The minimum atomic E-state index is 0.235. The van der Waals surface area contributed by atoms with Gasteiger partial charge in [0.2, 0.25) is 0 Å². The summed E-state index contributed by atoms with van der Waals surface area (Å²) in [5, 5.41) is 11.6. The molecule has 0 unspecified atom stereocenters. The summed E-state index contributed by atoms with van der Waals surface area (Å²) in [5.41, 5.74) is 2.56. The first-order valence-electron chi connectivity index (χ1n) is 12.0. The molecule has 30 heavy (non-hydrogen) atoms. The van der Waals surface area contributed by atoms with E-state index in [1.807, 2.05) is 0 Å². The highest BCUT2D eigenvalue weighted by Crippen LogP contribution is 2.31. The lowest BCUT2D eigenvalue weighted by molar-refractivity contribution is 0.0208. The van der Waals surface area contributed by atoms with E-state index in [0.717, 1.165) is 44.3 Å². The van der Waals surface area contributed by atoms with Crippen LogP contribution in [0.3, 0.4) is 0 Å². The highest BCUT2D eigenvalue weighted by atomic mass is 15.3. The van der Waals surface area contributed by atoms with Crippen LogP contribution in [0.25, 0.3) is 0 Å².